The lowest BCUT2D eigenvalue weighted by Gasteiger charge is -2.12. The first-order valence-corrected chi connectivity index (χ1v) is 7.12. The van der Waals surface area contributed by atoms with Crippen molar-refractivity contribution in [2.75, 3.05) is 21.3 Å². The third-order valence-corrected chi connectivity index (χ3v) is 3.39. The quantitative estimate of drug-likeness (QED) is 0.879. The van der Waals surface area contributed by atoms with Crippen LogP contribution in [0.4, 0.5) is 0 Å². The minimum absolute atomic E-state index is 0.0684. The zero-order valence-electron chi connectivity index (χ0n) is 13.3. The van der Waals surface area contributed by atoms with Gasteiger partial charge in [0.2, 0.25) is 0 Å². The van der Waals surface area contributed by atoms with E-state index in [-0.39, 0.29) is 5.56 Å². The van der Waals surface area contributed by atoms with Crippen LogP contribution in [0.3, 0.4) is 0 Å². The maximum Gasteiger partial charge on any atom is 0.271 e. The minimum Gasteiger partial charge on any atom is -0.493 e. The second-order valence-corrected chi connectivity index (χ2v) is 4.78. The van der Waals surface area contributed by atoms with Crippen molar-refractivity contribution in [3.05, 3.63) is 40.2 Å². The van der Waals surface area contributed by atoms with Crippen LogP contribution < -0.4 is 20.3 Å². The van der Waals surface area contributed by atoms with Gasteiger partial charge in [0.15, 0.2) is 11.5 Å². The van der Waals surface area contributed by atoms with E-state index in [4.69, 9.17) is 9.47 Å². The van der Waals surface area contributed by atoms with Gasteiger partial charge in [-0.2, -0.15) is 5.10 Å². The Morgan fingerprint density at radius 3 is 2.50 bits per heavy atom. The van der Waals surface area contributed by atoms with E-state index in [1.807, 2.05) is 38.2 Å². The molecule has 6 heteroatoms. The molecule has 0 spiro atoms. The Bertz CT molecular complexity index is 710. The number of nitrogens with zero attached hydrogens (tertiary/aromatic N) is 2. The maximum absolute atomic E-state index is 12.2. The molecule has 0 saturated carbocycles. The molecule has 0 amide bonds. The van der Waals surface area contributed by atoms with Crippen LogP contribution in [0.1, 0.15) is 12.5 Å². The SMILES string of the molecule is CCn1nc(-c2ccc(OC)c(OC)c2)cc(CNC)c1=O. The van der Waals surface area contributed by atoms with Crippen LogP contribution in [-0.2, 0) is 13.1 Å². The van der Waals surface area contributed by atoms with Gasteiger partial charge in [-0.3, -0.25) is 4.79 Å². The summed E-state index contributed by atoms with van der Waals surface area (Å²) in [6, 6.07) is 7.40. The number of hydrogen-bond acceptors (Lipinski definition) is 5. The van der Waals surface area contributed by atoms with E-state index in [9.17, 15) is 4.79 Å². The number of benzene rings is 1. The Kier molecular flexibility index (Phi) is 5.16. The predicted molar refractivity (Wildman–Crippen MR) is 85.5 cm³/mol. The monoisotopic (exact) mass is 303 g/mol. The first-order chi connectivity index (χ1) is 10.6. The molecular weight excluding hydrogens is 282 g/mol. The van der Waals surface area contributed by atoms with Crippen LogP contribution in [0, 0.1) is 0 Å². The van der Waals surface area contributed by atoms with Gasteiger partial charge in [-0.25, -0.2) is 4.68 Å². The average molecular weight is 303 g/mol. The van der Waals surface area contributed by atoms with Crippen molar-refractivity contribution in [1.29, 1.82) is 0 Å². The zero-order chi connectivity index (χ0) is 16.1. The normalized spacial score (nSPS) is 10.5. The topological polar surface area (TPSA) is 65.4 Å². The molecular formula is C16H21N3O3. The molecule has 22 heavy (non-hydrogen) atoms. The van der Waals surface area contributed by atoms with Gasteiger partial charge in [-0.1, -0.05) is 0 Å². The third-order valence-electron chi connectivity index (χ3n) is 3.39. The summed E-state index contributed by atoms with van der Waals surface area (Å²) in [4.78, 5) is 12.2. The second-order valence-electron chi connectivity index (χ2n) is 4.78. The molecule has 0 fully saturated rings. The van der Waals surface area contributed by atoms with Crippen molar-refractivity contribution in [3.63, 3.8) is 0 Å². The fourth-order valence-corrected chi connectivity index (χ4v) is 2.26. The largest absolute Gasteiger partial charge is 0.493 e. The van der Waals surface area contributed by atoms with E-state index in [0.29, 0.717) is 30.2 Å². The van der Waals surface area contributed by atoms with Crippen LogP contribution in [0.2, 0.25) is 0 Å². The summed E-state index contributed by atoms with van der Waals surface area (Å²) in [5.74, 6) is 1.29. The summed E-state index contributed by atoms with van der Waals surface area (Å²) in [6.45, 7) is 2.92. The first kappa shape index (κ1) is 16.0. The number of hydrogen-bond donors (Lipinski definition) is 1. The van der Waals surface area contributed by atoms with E-state index in [0.717, 1.165) is 11.3 Å². The Balaban J connectivity index is 2.56. The van der Waals surface area contributed by atoms with Crippen molar-refractivity contribution < 1.29 is 9.47 Å². The molecule has 0 aliphatic carbocycles. The number of methoxy groups -OCH3 is 2. The highest BCUT2D eigenvalue weighted by Gasteiger charge is 2.11. The van der Waals surface area contributed by atoms with Crippen molar-refractivity contribution in [2.45, 2.75) is 20.0 Å². The summed E-state index contributed by atoms with van der Waals surface area (Å²) >= 11 is 0. The Morgan fingerprint density at radius 2 is 1.91 bits per heavy atom. The molecule has 0 unspecified atom stereocenters. The van der Waals surface area contributed by atoms with Crippen molar-refractivity contribution in [2.24, 2.45) is 0 Å². The molecule has 0 bridgehead atoms. The summed E-state index contributed by atoms with van der Waals surface area (Å²) in [7, 11) is 5.00. The van der Waals surface area contributed by atoms with Gasteiger partial charge in [0.05, 0.1) is 19.9 Å². The standard InChI is InChI=1S/C16H21N3O3/c1-5-19-16(20)12(10-17-2)8-13(18-19)11-6-7-14(21-3)15(9-11)22-4/h6-9,17H,5,10H2,1-4H3. The van der Waals surface area contributed by atoms with Gasteiger partial charge in [-0.05, 0) is 38.2 Å². The summed E-state index contributed by atoms with van der Waals surface area (Å²) in [6.07, 6.45) is 0. The molecule has 1 aromatic heterocycles. The fraction of sp³-hybridized carbons (Fsp3) is 0.375. The van der Waals surface area contributed by atoms with Crippen LogP contribution in [0.5, 0.6) is 11.5 Å². The lowest BCUT2D eigenvalue weighted by atomic mass is 10.1. The molecule has 0 atom stereocenters. The highest BCUT2D eigenvalue weighted by atomic mass is 16.5. The van der Waals surface area contributed by atoms with Crippen molar-refractivity contribution in [1.82, 2.24) is 15.1 Å². The molecule has 0 saturated heterocycles. The Hall–Kier alpha value is -2.34. The van der Waals surface area contributed by atoms with Gasteiger partial charge >= 0.3 is 0 Å². The maximum atomic E-state index is 12.2. The van der Waals surface area contributed by atoms with E-state index in [2.05, 4.69) is 10.4 Å². The number of rotatable bonds is 6. The van der Waals surface area contributed by atoms with Gasteiger partial charge in [0.1, 0.15) is 0 Å². The molecule has 0 radical (unpaired) electrons. The number of ether oxygens (including phenoxy) is 2. The van der Waals surface area contributed by atoms with E-state index in [1.54, 1.807) is 14.2 Å². The van der Waals surface area contributed by atoms with Crippen LogP contribution >= 0.6 is 0 Å². The zero-order valence-corrected chi connectivity index (χ0v) is 13.3. The molecule has 1 N–H and O–H groups in total. The highest BCUT2D eigenvalue weighted by molar-refractivity contribution is 5.64. The molecule has 1 heterocycles. The first-order valence-electron chi connectivity index (χ1n) is 7.12. The second kappa shape index (κ2) is 7.09. The van der Waals surface area contributed by atoms with Gasteiger partial charge in [0, 0.05) is 24.2 Å². The summed E-state index contributed by atoms with van der Waals surface area (Å²) in [5.41, 5.74) is 2.22. The molecule has 0 aliphatic rings. The lowest BCUT2D eigenvalue weighted by Crippen LogP contribution is -2.28. The Morgan fingerprint density at radius 1 is 1.18 bits per heavy atom. The Labute approximate surface area is 129 Å². The van der Waals surface area contributed by atoms with E-state index < -0.39 is 0 Å². The fourth-order valence-electron chi connectivity index (χ4n) is 2.26. The van der Waals surface area contributed by atoms with Crippen LogP contribution in [0.25, 0.3) is 11.3 Å². The summed E-state index contributed by atoms with van der Waals surface area (Å²) < 4.78 is 12.0. The third kappa shape index (κ3) is 3.12. The lowest BCUT2D eigenvalue weighted by molar-refractivity contribution is 0.355. The minimum atomic E-state index is -0.0684. The summed E-state index contributed by atoms with van der Waals surface area (Å²) in [5, 5.41) is 7.42. The number of nitrogens with one attached hydrogen (secondary N) is 1. The van der Waals surface area contributed by atoms with E-state index >= 15 is 0 Å². The molecule has 2 aromatic rings. The smallest absolute Gasteiger partial charge is 0.271 e. The molecule has 118 valence electrons. The van der Waals surface area contributed by atoms with Gasteiger partial charge in [0.25, 0.3) is 5.56 Å². The number of aromatic nitrogens is 2. The van der Waals surface area contributed by atoms with E-state index in [1.165, 1.54) is 4.68 Å². The van der Waals surface area contributed by atoms with Crippen molar-refractivity contribution >= 4 is 0 Å². The predicted octanol–water partition coefficient (Wildman–Crippen LogP) is 1.67. The molecule has 2 rings (SSSR count). The van der Waals surface area contributed by atoms with Gasteiger partial charge < -0.3 is 14.8 Å². The van der Waals surface area contributed by atoms with Crippen molar-refractivity contribution in [3.8, 4) is 22.8 Å². The number of aryl methyl sites for hydroxylation is 1. The van der Waals surface area contributed by atoms with Crippen LogP contribution in [0.15, 0.2) is 29.1 Å². The molecule has 0 aliphatic heterocycles. The molecule has 6 nitrogen and oxygen atoms in total. The molecule has 1 aromatic carbocycles. The highest BCUT2D eigenvalue weighted by Crippen LogP contribution is 2.31. The van der Waals surface area contributed by atoms with Crippen LogP contribution in [-0.4, -0.2) is 31.0 Å². The average Bonchev–Trinajstić information content (AvgIpc) is 2.56. The van der Waals surface area contributed by atoms with Gasteiger partial charge in [-0.15, -0.1) is 0 Å².